The van der Waals surface area contributed by atoms with Crippen LogP contribution in [0.25, 0.3) is 6.08 Å². The topological polar surface area (TPSA) is 80.3 Å². The average Bonchev–Trinajstić information content (AvgIpc) is 3.01. The van der Waals surface area contributed by atoms with Crippen LogP contribution in [0.4, 0.5) is 0 Å². The van der Waals surface area contributed by atoms with Gasteiger partial charge in [0.25, 0.3) is 0 Å². The van der Waals surface area contributed by atoms with Crippen LogP contribution in [0, 0.1) is 0 Å². The highest BCUT2D eigenvalue weighted by Crippen LogP contribution is 2.37. The number of hydrogen-bond donors (Lipinski definition) is 0. The number of fused-ring (bicyclic) bond motifs is 1. The number of esters is 1. The van der Waals surface area contributed by atoms with Gasteiger partial charge in [0.05, 0.1) is 26.4 Å². The lowest BCUT2D eigenvalue weighted by atomic mass is 10.1. The van der Waals surface area contributed by atoms with E-state index < -0.39 is 5.97 Å². The minimum atomic E-state index is -0.467. The van der Waals surface area contributed by atoms with Crippen molar-refractivity contribution in [2.45, 2.75) is 6.92 Å². The lowest BCUT2D eigenvalue weighted by molar-refractivity contribution is -0.145. The van der Waals surface area contributed by atoms with E-state index in [-0.39, 0.29) is 24.8 Å². The molecule has 7 heteroatoms. The molecule has 2 aromatic rings. The Morgan fingerprint density at radius 3 is 2.68 bits per heavy atom. The molecule has 28 heavy (non-hydrogen) atoms. The second kappa shape index (κ2) is 8.47. The van der Waals surface area contributed by atoms with Crippen LogP contribution >= 0.6 is 0 Å². The summed E-state index contributed by atoms with van der Waals surface area (Å²) in [5.41, 5.74) is 1.06. The number of carbonyl (C=O) groups excluding carboxylic acids is 2. The summed E-state index contributed by atoms with van der Waals surface area (Å²) in [6, 6.07) is 10.1. The van der Waals surface area contributed by atoms with Gasteiger partial charge in [-0.1, -0.05) is 12.1 Å². The Labute approximate surface area is 162 Å². The summed E-state index contributed by atoms with van der Waals surface area (Å²) in [6.45, 7) is 1.79. The second-order valence-electron chi connectivity index (χ2n) is 5.77. The van der Waals surface area contributed by atoms with Crippen molar-refractivity contribution in [1.82, 2.24) is 0 Å². The predicted octanol–water partition coefficient (Wildman–Crippen LogP) is 3.26. The predicted molar refractivity (Wildman–Crippen MR) is 101 cm³/mol. The molecule has 7 nitrogen and oxygen atoms in total. The Morgan fingerprint density at radius 2 is 1.96 bits per heavy atom. The molecule has 0 radical (unpaired) electrons. The number of ether oxygens (including phenoxy) is 5. The van der Waals surface area contributed by atoms with E-state index in [4.69, 9.17) is 23.7 Å². The quantitative estimate of drug-likeness (QED) is 0.535. The van der Waals surface area contributed by atoms with Crippen molar-refractivity contribution >= 4 is 17.8 Å². The lowest BCUT2D eigenvalue weighted by Gasteiger charge is -2.10. The number of benzene rings is 2. The highest BCUT2D eigenvalue weighted by atomic mass is 16.6. The third kappa shape index (κ3) is 3.93. The zero-order valence-corrected chi connectivity index (χ0v) is 15.8. The molecule has 1 aliphatic rings. The van der Waals surface area contributed by atoms with Gasteiger partial charge in [0, 0.05) is 11.6 Å². The summed E-state index contributed by atoms with van der Waals surface area (Å²) in [4.78, 5) is 24.0. The number of carbonyl (C=O) groups is 2. The van der Waals surface area contributed by atoms with E-state index in [9.17, 15) is 9.59 Å². The first-order valence-corrected chi connectivity index (χ1v) is 8.65. The first-order chi connectivity index (χ1) is 13.6. The number of allylic oxidation sites excluding steroid dienone is 1. The van der Waals surface area contributed by atoms with E-state index >= 15 is 0 Å². The van der Waals surface area contributed by atoms with Crippen molar-refractivity contribution in [2.24, 2.45) is 0 Å². The van der Waals surface area contributed by atoms with Gasteiger partial charge in [-0.3, -0.25) is 4.79 Å². The summed E-state index contributed by atoms with van der Waals surface area (Å²) in [6.07, 6.45) is 1.60. The number of hydrogen-bond acceptors (Lipinski definition) is 7. The van der Waals surface area contributed by atoms with E-state index in [1.807, 2.05) is 0 Å². The van der Waals surface area contributed by atoms with E-state index in [0.717, 1.165) is 0 Å². The van der Waals surface area contributed by atoms with E-state index in [1.54, 1.807) is 56.5 Å². The zero-order chi connectivity index (χ0) is 20.1. The van der Waals surface area contributed by atoms with Gasteiger partial charge in [-0.15, -0.1) is 0 Å². The average molecular weight is 384 g/mol. The standard InChI is InChI=1S/C21H20O7/c1-4-26-19(22)12-27-14-8-9-15-17(11-14)28-18(20(15)23)10-13-6-5-7-16(24-2)21(13)25-3/h5-11H,4,12H2,1-3H3/b18-10-. The number of Topliss-reactive ketones (excluding diaryl/α,β-unsaturated/α-hetero) is 1. The maximum Gasteiger partial charge on any atom is 0.344 e. The van der Waals surface area contributed by atoms with Crippen LogP contribution in [-0.2, 0) is 9.53 Å². The number of para-hydroxylation sites is 1. The highest BCUT2D eigenvalue weighted by Gasteiger charge is 2.28. The summed E-state index contributed by atoms with van der Waals surface area (Å²) in [5.74, 6) is 1.25. The molecule has 0 aliphatic carbocycles. The Balaban J connectivity index is 1.82. The SMILES string of the molecule is CCOC(=O)COc1ccc2c(c1)O/C(=C\c1cccc(OC)c1OC)C2=O. The molecule has 0 spiro atoms. The van der Waals surface area contributed by atoms with Crippen LogP contribution in [-0.4, -0.2) is 39.2 Å². The normalized spacial score (nSPS) is 13.7. The minimum Gasteiger partial charge on any atom is -0.493 e. The fourth-order valence-corrected chi connectivity index (χ4v) is 2.77. The van der Waals surface area contributed by atoms with Crippen LogP contribution in [0.15, 0.2) is 42.2 Å². The number of rotatable bonds is 7. The van der Waals surface area contributed by atoms with Crippen LogP contribution in [0.5, 0.6) is 23.0 Å². The smallest absolute Gasteiger partial charge is 0.344 e. The Bertz CT molecular complexity index is 930. The maximum atomic E-state index is 12.6. The first kappa shape index (κ1) is 19.3. The summed E-state index contributed by atoms with van der Waals surface area (Å²) >= 11 is 0. The highest BCUT2D eigenvalue weighted by molar-refractivity contribution is 6.14. The minimum absolute atomic E-state index is 0.157. The lowest BCUT2D eigenvalue weighted by Crippen LogP contribution is -2.14. The molecule has 0 atom stereocenters. The molecule has 0 bridgehead atoms. The van der Waals surface area contributed by atoms with Gasteiger partial charge in [-0.05, 0) is 31.2 Å². The van der Waals surface area contributed by atoms with Gasteiger partial charge in [0.1, 0.15) is 11.5 Å². The van der Waals surface area contributed by atoms with E-state index in [1.165, 1.54) is 7.11 Å². The van der Waals surface area contributed by atoms with Gasteiger partial charge in [-0.2, -0.15) is 0 Å². The third-order valence-corrected chi connectivity index (χ3v) is 4.02. The third-order valence-electron chi connectivity index (χ3n) is 4.02. The molecule has 146 valence electrons. The number of ketones is 1. The van der Waals surface area contributed by atoms with Crippen molar-refractivity contribution in [2.75, 3.05) is 27.4 Å². The molecule has 0 saturated carbocycles. The largest absolute Gasteiger partial charge is 0.493 e. The second-order valence-corrected chi connectivity index (χ2v) is 5.77. The van der Waals surface area contributed by atoms with Crippen molar-refractivity contribution in [3.8, 4) is 23.0 Å². The molecule has 1 aliphatic heterocycles. The molecule has 3 rings (SSSR count). The van der Waals surface area contributed by atoms with Gasteiger partial charge in [0.15, 0.2) is 23.9 Å². The summed E-state index contributed by atoms with van der Waals surface area (Å²) in [5, 5.41) is 0. The molecule has 0 aromatic heterocycles. The van der Waals surface area contributed by atoms with E-state index in [0.29, 0.717) is 34.1 Å². The fourth-order valence-electron chi connectivity index (χ4n) is 2.77. The zero-order valence-electron chi connectivity index (χ0n) is 15.8. The maximum absolute atomic E-state index is 12.6. The molecule has 0 N–H and O–H groups in total. The Kier molecular flexibility index (Phi) is 5.84. The summed E-state index contributed by atoms with van der Waals surface area (Å²) < 4.78 is 26.6. The fraction of sp³-hybridized carbons (Fsp3) is 0.238. The Morgan fingerprint density at radius 1 is 1.14 bits per heavy atom. The van der Waals surface area contributed by atoms with E-state index in [2.05, 4.69) is 0 Å². The van der Waals surface area contributed by atoms with Crippen molar-refractivity contribution < 1.29 is 33.3 Å². The molecule has 2 aromatic carbocycles. The number of methoxy groups -OCH3 is 2. The molecule has 1 heterocycles. The van der Waals surface area contributed by atoms with Crippen molar-refractivity contribution in [3.63, 3.8) is 0 Å². The molecule has 0 saturated heterocycles. The molecular formula is C21H20O7. The molecule has 0 unspecified atom stereocenters. The van der Waals surface area contributed by atoms with Crippen molar-refractivity contribution in [3.05, 3.63) is 53.3 Å². The van der Waals surface area contributed by atoms with Crippen molar-refractivity contribution in [1.29, 1.82) is 0 Å². The first-order valence-electron chi connectivity index (χ1n) is 8.65. The van der Waals surface area contributed by atoms with Gasteiger partial charge in [-0.25, -0.2) is 4.79 Å². The Hall–Kier alpha value is -3.48. The van der Waals surface area contributed by atoms with Gasteiger partial charge in [0.2, 0.25) is 5.78 Å². The molecule has 0 fully saturated rings. The van der Waals surface area contributed by atoms with Crippen LogP contribution in [0.1, 0.15) is 22.8 Å². The monoisotopic (exact) mass is 384 g/mol. The molecular weight excluding hydrogens is 364 g/mol. The van der Waals surface area contributed by atoms with Gasteiger partial charge >= 0.3 is 5.97 Å². The van der Waals surface area contributed by atoms with Gasteiger partial charge < -0.3 is 23.7 Å². The van der Waals surface area contributed by atoms with Crippen LogP contribution in [0.3, 0.4) is 0 Å². The molecule has 0 amide bonds. The van der Waals surface area contributed by atoms with Crippen LogP contribution < -0.4 is 18.9 Å². The summed E-state index contributed by atoms with van der Waals surface area (Å²) in [7, 11) is 3.07. The van der Waals surface area contributed by atoms with Crippen LogP contribution in [0.2, 0.25) is 0 Å².